The summed E-state index contributed by atoms with van der Waals surface area (Å²) in [6, 6.07) is 8.15. The Balaban J connectivity index is 2.50. The Bertz CT molecular complexity index is 365. The molecule has 0 fully saturated rings. The summed E-state index contributed by atoms with van der Waals surface area (Å²) in [6.45, 7) is 2.69. The fraction of sp³-hybridized carbons (Fsp3) is 0.571. The highest BCUT2D eigenvalue weighted by atomic mass is 32.2. The van der Waals surface area contributed by atoms with Gasteiger partial charge in [0.15, 0.2) is 0 Å². The number of benzene rings is 1. The molecule has 1 aromatic rings. The second-order valence-corrected chi connectivity index (χ2v) is 6.02. The summed E-state index contributed by atoms with van der Waals surface area (Å²) < 4.78 is 16.6. The third-order valence-corrected chi connectivity index (χ3v) is 4.18. The standard InChI is InChI=1S/C14H23NO2S/c1-3-4-12-5-7-13(8-6-12)14(15)11-18(16)10-9-17-2/h5-8,14H,3-4,9-11,15H2,1-2H3. The van der Waals surface area contributed by atoms with E-state index < -0.39 is 10.8 Å². The second-order valence-electron chi connectivity index (χ2n) is 4.40. The van der Waals surface area contributed by atoms with E-state index in [4.69, 9.17) is 10.5 Å². The van der Waals surface area contributed by atoms with Crippen molar-refractivity contribution in [1.82, 2.24) is 0 Å². The molecule has 0 aliphatic carbocycles. The first-order chi connectivity index (χ1) is 8.67. The lowest BCUT2D eigenvalue weighted by Gasteiger charge is -2.12. The van der Waals surface area contributed by atoms with Crippen LogP contribution in [0.25, 0.3) is 0 Å². The summed E-state index contributed by atoms with van der Waals surface area (Å²) in [5.41, 5.74) is 8.44. The van der Waals surface area contributed by atoms with Gasteiger partial charge in [-0.05, 0) is 17.5 Å². The molecule has 0 saturated heterocycles. The number of nitrogens with two attached hydrogens (primary N) is 1. The van der Waals surface area contributed by atoms with Gasteiger partial charge < -0.3 is 10.5 Å². The minimum atomic E-state index is -0.909. The van der Waals surface area contributed by atoms with Crippen LogP contribution in [0.4, 0.5) is 0 Å². The molecule has 0 aromatic heterocycles. The Labute approximate surface area is 112 Å². The van der Waals surface area contributed by atoms with Gasteiger partial charge in [0.05, 0.1) is 6.61 Å². The lowest BCUT2D eigenvalue weighted by atomic mass is 10.0. The van der Waals surface area contributed by atoms with Crippen molar-refractivity contribution in [2.24, 2.45) is 5.73 Å². The summed E-state index contributed by atoms with van der Waals surface area (Å²) in [7, 11) is 0.705. The monoisotopic (exact) mass is 269 g/mol. The summed E-state index contributed by atoms with van der Waals surface area (Å²) in [5, 5.41) is 0. The predicted octanol–water partition coefficient (Wildman–Crippen LogP) is 2.03. The molecule has 1 rings (SSSR count). The van der Waals surface area contributed by atoms with Crippen LogP contribution in [-0.4, -0.2) is 29.4 Å². The van der Waals surface area contributed by atoms with E-state index in [1.807, 2.05) is 12.1 Å². The maximum Gasteiger partial charge on any atom is 0.0577 e. The summed E-state index contributed by atoms with van der Waals surface area (Å²) in [5.74, 6) is 1.05. The molecule has 0 saturated carbocycles. The average molecular weight is 269 g/mol. The van der Waals surface area contributed by atoms with Crippen LogP contribution in [0.3, 0.4) is 0 Å². The number of aryl methyl sites for hydroxylation is 1. The van der Waals surface area contributed by atoms with Crippen LogP contribution in [0, 0.1) is 0 Å². The van der Waals surface area contributed by atoms with Gasteiger partial charge >= 0.3 is 0 Å². The molecule has 3 nitrogen and oxygen atoms in total. The van der Waals surface area contributed by atoms with Crippen LogP contribution in [0.15, 0.2) is 24.3 Å². The summed E-state index contributed by atoms with van der Waals surface area (Å²) >= 11 is 0. The van der Waals surface area contributed by atoms with Crippen LogP contribution >= 0.6 is 0 Å². The van der Waals surface area contributed by atoms with Gasteiger partial charge in [-0.25, -0.2) is 0 Å². The van der Waals surface area contributed by atoms with Crippen molar-refractivity contribution in [3.63, 3.8) is 0 Å². The second kappa shape index (κ2) is 8.40. The Hall–Kier alpha value is -0.710. The fourth-order valence-corrected chi connectivity index (χ4v) is 2.89. The van der Waals surface area contributed by atoms with E-state index in [0.717, 1.165) is 18.4 Å². The molecule has 0 heterocycles. The minimum Gasteiger partial charge on any atom is -0.384 e. The van der Waals surface area contributed by atoms with Crippen molar-refractivity contribution in [2.45, 2.75) is 25.8 Å². The summed E-state index contributed by atoms with van der Waals surface area (Å²) in [4.78, 5) is 0. The van der Waals surface area contributed by atoms with E-state index in [1.165, 1.54) is 5.56 Å². The molecule has 4 heteroatoms. The largest absolute Gasteiger partial charge is 0.384 e. The van der Waals surface area contributed by atoms with Crippen molar-refractivity contribution in [2.75, 3.05) is 25.2 Å². The van der Waals surface area contributed by atoms with Gasteiger partial charge in [0, 0.05) is 35.5 Å². The first-order valence-corrected chi connectivity index (χ1v) is 7.84. The lowest BCUT2D eigenvalue weighted by Crippen LogP contribution is -2.20. The maximum absolute atomic E-state index is 11.7. The molecule has 0 amide bonds. The Morgan fingerprint density at radius 1 is 1.33 bits per heavy atom. The Kier molecular flexibility index (Phi) is 7.16. The van der Waals surface area contributed by atoms with Gasteiger partial charge in [-0.2, -0.15) is 0 Å². The van der Waals surface area contributed by atoms with Gasteiger partial charge in [0.2, 0.25) is 0 Å². The topological polar surface area (TPSA) is 52.3 Å². The van der Waals surface area contributed by atoms with Crippen LogP contribution in [0.5, 0.6) is 0 Å². The van der Waals surface area contributed by atoms with E-state index >= 15 is 0 Å². The summed E-state index contributed by atoms with van der Waals surface area (Å²) in [6.07, 6.45) is 2.24. The quantitative estimate of drug-likeness (QED) is 0.785. The number of rotatable bonds is 8. The molecule has 2 atom stereocenters. The lowest BCUT2D eigenvalue weighted by molar-refractivity contribution is 0.218. The van der Waals surface area contributed by atoms with Crippen molar-refractivity contribution >= 4 is 10.8 Å². The van der Waals surface area contributed by atoms with E-state index in [1.54, 1.807) is 7.11 Å². The number of methoxy groups -OCH3 is 1. The van der Waals surface area contributed by atoms with Gasteiger partial charge in [0.1, 0.15) is 0 Å². The van der Waals surface area contributed by atoms with E-state index in [0.29, 0.717) is 18.1 Å². The molecular formula is C14H23NO2S. The first kappa shape index (κ1) is 15.3. The van der Waals surface area contributed by atoms with Gasteiger partial charge in [-0.1, -0.05) is 37.6 Å². The van der Waals surface area contributed by atoms with E-state index in [2.05, 4.69) is 19.1 Å². The van der Waals surface area contributed by atoms with Crippen molar-refractivity contribution < 1.29 is 8.95 Å². The number of hydrogen-bond donors (Lipinski definition) is 1. The van der Waals surface area contributed by atoms with Crippen LogP contribution < -0.4 is 5.73 Å². The Morgan fingerprint density at radius 3 is 2.56 bits per heavy atom. The van der Waals surface area contributed by atoms with E-state index in [9.17, 15) is 4.21 Å². The molecular weight excluding hydrogens is 246 g/mol. The molecule has 0 bridgehead atoms. The van der Waals surface area contributed by atoms with Gasteiger partial charge in [-0.3, -0.25) is 4.21 Å². The molecule has 0 radical (unpaired) electrons. The highest BCUT2D eigenvalue weighted by Crippen LogP contribution is 2.14. The third-order valence-electron chi connectivity index (χ3n) is 2.83. The number of ether oxygens (including phenoxy) is 1. The highest BCUT2D eigenvalue weighted by molar-refractivity contribution is 7.85. The Morgan fingerprint density at radius 2 is 2.00 bits per heavy atom. The molecule has 0 aliphatic heterocycles. The minimum absolute atomic E-state index is 0.154. The molecule has 2 N–H and O–H groups in total. The van der Waals surface area contributed by atoms with Crippen molar-refractivity contribution in [3.8, 4) is 0 Å². The van der Waals surface area contributed by atoms with Crippen molar-refractivity contribution in [3.05, 3.63) is 35.4 Å². The number of hydrogen-bond acceptors (Lipinski definition) is 3. The molecule has 0 aliphatic rings. The zero-order chi connectivity index (χ0) is 13.4. The van der Waals surface area contributed by atoms with Crippen LogP contribution in [0.2, 0.25) is 0 Å². The average Bonchev–Trinajstić information content (AvgIpc) is 2.37. The molecule has 1 aromatic carbocycles. The predicted molar refractivity (Wildman–Crippen MR) is 77.1 cm³/mol. The molecule has 0 spiro atoms. The third kappa shape index (κ3) is 5.29. The van der Waals surface area contributed by atoms with Gasteiger partial charge in [0.25, 0.3) is 0 Å². The highest BCUT2D eigenvalue weighted by Gasteiger charge is 2.10. The van der Waals surface area contributed by atoms with Crippen LogP contribution in [-0.2, 0) is 22.0 Å². The van der Waals surface area contributed by atoms with Crippen LogP contribution in [0.1, 0.15) is 30.5 Å². The zero-order valence-corrected chi connectivity index (χ0v) is 12.0. The fourth-order valence-electron chi connectivity index (χ4n) is 1.78. The normalized spacial score (nSPS) is 14.4. The van der Waals surface area contributed by atoms with Gasteiger partial charge in [-0.15, -0.1) is 0 Å². The molecule has 18 heavy (non-hydrogen) atoms. The maximum atomic E-state index is 11.7. The smallest absolute Gasteiger partial charge is 0.0577 e. The zero-order valence-electron chi connectivity index (χ0n) is 11.2. The van der Waals surface area contributed by atoms with E-state index in [-0.39, 0.29) is 6.04 Å². The van der Waals surface area contributed by atoms with Crippen molar-refractivity contribution in [1.29, 1.82) is 0 Å². The first-order valence-electron chi connectivity index (χ1n) is 6.35. The molecule has 102 valence electrons. The molecule has 2 unspecified atom stereocenters. The SMILES string of the molecule is CCCc1ccc(C(N)CS(=O)CCOC)cc1.